The molecule has 3 N–H and O–H groups in total. The first kappa shape index (κ1) is 9.08. The van der Waals surface area contributed by atoms with Crippen LogP contribution in [0.3, 0.4) is 0 Å². The standard InChI is InChI=1S/C9H10FNO3/c10-3-6(11)5-1-2-7-9(8(5)12)14-4-13-7/h1-2,6,12H,3-4,11H2/t6-/m0/s1. The van der Waals surface area contributed by atoms with Crippen LogP contribution in [0.1, 0.15) is 11.6 Å². The number of phenolic OH excluding ortho intramolecular Hbond substituents is 1. The third-order valence-corrected chi connectivity index (χ3v) is 2.11. The first-order valence-electron chi connectivity index (χ1n) is 4.17. The fourth-order valence-corrected chi connectivity index (χ4v) is 1.36. The molecule has 0 aliphatic carbocycles. The van der Waals surface area contributed by atoms with E-state index in [0.717, 1.165) is 0 Å². The lowest BCUT2D eigenvalue weighted by atomic mass is 10.1. The van der Waals surface area contributed by atoms with E-state index in [9.17, 15) is 9.50 Å². The summed E-state index contributed by atoms with van der Waals surface area (Å²) in [6.07, 6.45) is 0. The smallest absolute Gasteiger partial charge is 0.231 e. The van der Waals surface area contributed by atoms with Crippen molar-refractivity contribution in [1.82, 2.24) is 0 Å². The Morgan fingerprint density at radius 3 is 3.00 bits per heavy atom. The van der Waals surface area contributed by atoms with Crippen LogP contribution in [0.4, 0.5) is 4.39 Å². The highest BCUT2D eigenvalue weighted by molar-refractivity contribution is 5.56. The molecule has 1 aliphatic rings. The fraction of sp³-hybridized carbons (Fsp3) is 0.333. The Kier molecular flexibility index (Phi) is 2.17. The van der Waals surface area contributed by atoms with Gasteiger partial charge < -0.3 is 20.3 Å². The number of aromatic hydroxyl groups is 1. The van der Waals surface area contributed by atoms with Crippen molar-refractivity contribution in [2.75, 3.05) is 13.5 Å². The number of hydrogen-bond acceptors (Lipinski definition) is 4. The minimum absolute atomic E-state index is 0.0667. The first-order chi connectivity index (χ1) is 6.74. The van der Waals surface area contributed by atoms with Crippen molar-refractivity contribution in [3.63, 3.8) is 0 Å². The minimum Gasteiger partial charge on any atom is -0.504 e. The summed E-state index contributed by atoms with van der Waals surface area (Å²) in [6.45, 7) is -0.662. The molecule has 76 valence electrons. The van der Waals surface area contributed by atoms with Gasteiger partial charge in [0.1, 0.15) is 6.67 Å². The van der Waals surface area contributed by atoms with Gasteiger partial charge in [0.25, 0.3) is 0 Å². The van der Waals surface area contributed by atoms with Gasteiger partial charge in [0.2, 0.25) is 12.5 Å². The Labute approximate surface area is 80.0 Å². The van der Waals surface area contributed by atoms with Crippen molar-refractivity contribution in [1.29, 1.82) is 0 Å². The molecule has 0 aromatic heterocycles. The maximum Gasteiger partial charge on any atom is 0.231 e. The van der Waals surface area contributed by atoms with Crippen molar-refractivity contribution in [3.05, 3.63) is 17.7 Å². The molecule has 1 atom stereocenters. The second kappa shape index (κ2) is 3.34. The van der Waals surface area contributed by atoms with Gasteiger partial charge in [-0.05, 0) is 12.1 Å². The number of ether oxygens (including phenoxy) is 2. The molecule has 1 aromatic carbocycles. The largest absolute Gasteiger partial charge is 0.504 e. The molecule has 0 saturated carbocycles. The molecular weight excluding hydrogens is 189 g/mol. The molecule has 0 saturated heterocycles. The number of hydrogen-bond donors (Lipinski definition) is 2. The molecule has 1 aromatic rings. The van der Waals surface area contributed by atoms with Gasteiger partial charge in [-0.1, -0.05) is 0 Å². The molecule has 0 amide bonds. The Balaban J connectivity index is 2.44. The average Bonchev–Trinajstić information content (AvgIpc) is 2.66. The van der Waals surface area contributed by atoms with Crippen LogP contribution in [0.15, 0.2) is 12.1 Å². The van der Waals surface area contributed by atoms with Crippen LogP contribution < -0.4 is 15.2 Å². The van der Waals surface area contributed by atoms with Crippen LogP contribution in [-0.4, -0.2) is 18.6 Å². The van der Waals surface area contributed by atoms with Crippen molar-refractivity contribution >= 4 is 0 Å². The molecule has 1 aliphatic heterocycles. The highest BCUT2D eigenvalue weighted by atomic mass is 19.1. The summed E-state index contributed by atoms with van der Waals surface area (Å²) in [5, 5.41) is 9.66. The lowest BCUT2D eigenvalue weighted by Crippen LogP contribution is -2.12. The van der Waals surface area contributed by atoms with E-state index >= 15 is 0 Å². The van der Waals surface area contributed by atoms with Gasteiger partial charge in [0.05, 0.1) is 6.04 Å². The van der Waals surface area contributed by atoms with Gasteiger partial charge in [-0.2, -0.15) is 0 Å². The summed E-state index contributed by atoms with van der Waals surface area (Å²) in [4.78, 5) is 0. The second-order valence-electron chi connectivity index (χ2n) is 3.00. The summed E-state index contributed by atoms with van der Waals surface area (Å²) in [5.74, 6) is 0.564. The van der Waals surface area contributed by atoms with Crippen molar-refractivity contribution in [2.24, 2.45) is 5.73 Å². The summed E-state index contributed by atoms with van der Waals surface area (Å²) in [6, 6.07) is 2.31. The van der Waals surface area contributed by atoms with Crippen LogP contribution in [0, 0.1) is 0 Å². The number of nitrogens with two attached hydrogens (primary N) is 1. The van der Waals surface area contributed by atoms with Gasteiger partial charge in [0.15, 0.2) is 11.5 Å². The summed E-state index contributed by atoms with van der Waals surface area (Å²) >= 11 is 0. The molecule has 0 fully saturated rings. The molecule has 5 heteroatoms. The van der Waals surface area contributed by atoms with Crippen LogP contribution >= 0.6 is 0 Å². The van der Waals surface area contributed by atoms with E-state index < -0.39 is 12.7 Å². The normalized spacial score (nSPS) is 15.6. The van der Waals surface area contributed by atoms with Gasteiger partial charge >= 0.3 is 0 Å². The van der Waals surface area contributed by atoms with Crippen molar-refractivity contribution in [2.45, 2.75) is 6.04 Å². The van der Waals surface area contributed by atoms with Crippen LogP contribution in [0.2, 0.25) is 0 Å². The Hall–Kier alpha value is -1.49. The van der Waals surface area contributed by atoms with E-state index in [1.807, 2.05) is 0 Å². The van der Waals surface area contributed by atoms with E-state index in [4.69, 9.17) is 15.2 Å². The third-order valence-electron chi connectivity index (χ3n) is 2.11. The highest BCUT2D eigenvalue weighted by Gasteiger charge is 2.22. The van der Waals surface area contributed by atoms with Gasteiger partial charge in [-0.3, -0.25) is 0 Å². The van der Waals surface area contributed by atoms with E-state index in [-0.39, 0.29) is 18.3 Å². The second-order valence-corrected chi connectivity index (χ2v) is 3.00. The molecule has 14 heavy (non-hydrogen) atoms. The molecule has 0 radical (unpaired) electrons. The predicted molar refractivity (Wildman–Crippen MR) is 47.1 cm³/mol. The number of halogens is 1. The molecule has 1 heterocycles. The molecule has 2 rings (SSSR count). The van der Waals surface area contributed by atoms with E-state index in [0.29, 0.717) is 11.3 Å². The zero-order valence-corrected chi connectivity index (χ0v) is 7.37. The molecule has 0 spiro atoms. The van der Waals surface area contributed by atoms with Crippen LogP contribution in [-0.2, 0) is 0 Å². The van der Waals surface area contributed by atoms with Gasteiger partial charge in [-0.15, -0.1) is 0 Å². The number of rotatable bonds is 2. The Bertz CT molecular complexity index is 356. The first-order valence-corrected chi connectivity index (χ1v) is 4.17. The highest BCUT2D eigenvalue weighted by Crippen LogP contribution is 2.43. The molecule has 0 bridgehead atoms. The van der Waals surface area contributed by atoms with Crippen LogP contribution in [0.5, 0.6) is 17.2 Å². The summed E-state index contributed by atoms with van der Waals surface area (Å²) in [5.41, 5.74) is 5.79. The van der Waals surface area contributed by atoms with E-state index in [1.165, 1.54) is 6.07 Å². The summed E-state index contributed by atoms with van der Waals surface area (Å²) < 4.78 is 22.3. The van der Waals surface area contributed by atoms with Crippen molar-refractivity contribution < 1.29 is 19.0 Å². The topological polar surface area (TPSA) is 64.7 Å². The lowest BCUT2D eigenvalue weighted by molar-refractivity contribution is 0.171. The van der Waals surface area contributed by atoms with E-state index in [2.05, 4.69) is 0 Å². The quantitative estimate of drug-likeness (QED) is 0.748. The molecular formula is C9H10FNO3. The lowest BCUT2D eigenvalue weighted by Gasteiger charge is -2.10. The molecule has 4 nitrogen and oxygen atoms in total. The number of phenols is 1. The Morgan fingerprint density at radius 1 is 1.50 bits per heavy atom. The van der Waals surface area contributed by atoms with E-state index in [1.54, 1.807) is 6.07 Å². The predicted octanol–water partition coefficient (Wildman–Crippen LogP) is 1.09. The zero-order chi connectivity index (χ0) is 10.1. The third kappa shape index (κ3) is 1.26. The minimum atomic E-state index is -0.829. The Morgan fingerprint density at radius 2 is 2.29 bits per heavy atom. The van der Waals surface area contributed by atoms with Gasteiger partial charge in [0, 0.05) is 5.56 Å². The number of fused-ring (bicyclic) bond motifs is 1. The SMILES string of the molecule is N[C@@H](CF)c1ccc2c(c1O)OCO2. The molecule has 0 unspecified atom stereocenters. The maximum absolute atomic E-state index is 12.3. The van der Waals surface area contributed by atoms with Crippen LogP contribution in [0.25, 0.3) is 0 Å². The average molecular weight is 199 g/mol. The maximum atomic E-state index is 12.3. The van der Waals surface area contributed by atoms with Crippen molar-refractivity contribution in [3.8, 4) is 17.2 Å². The monoisotopic (exact) mass is 199 g/mol. The number of alkyl halides is 1. The summed E-state index contributed by atoms with van der Waals surface area (Å²) in [7, 11) is 0. The van der Waals surface area contributed by atoms with Gasteiger partial charge in [-0.25, -0.2) is 4.39 Å². The zero-order valence-electron chi connectivity index (χ0n) is 7.37. The number of benzene rings is 1. The fourth-order valence-electron chi connectivity index (χ4n) is 1.36.